The highest BCUT2D eigenvalue weighted by Gasteiger charge is 2.14. The van der Waals surface area contributed by atoms with Gasteiger partial charge >= 0.3 is 0 Å². The van der Waals surface area contributed by atoms with E-state index in [-0.39, 0.29) is 16.7 Å². The summed E-state index contributed by atoms with van der Waals surface area (Å²) < 4.78 is 23.5. The second-order valence-corrected chi connectivity index (χ2v) is 9.13. The number of amides is 1. The number of nitrogens with two attached hydrogens (primary N) is 1. The Hall–Kier alpha value is -2.04. The quantitative estimate of drug-likeness (QED) is 0.206. The first kappa shape index (κ1) is 24.6. The van der Waals surface area contributed by atoms with E-state index in [0.717, 1.165) is 23.9 Å². The minimum absolute atomic E-state index is 0.213. The summed E-state index contributed by atoms with van der Waals surface area (Å²) in [6.45, 7) is 1.23. The van der Waals surface area contributed by atoms with Crippen LogP contribution in [0.15, 0.2) is 46.1 Å². The van der Waals surface area contributed by atoms with Crippen molar-refractivity contribution in [1.29, 1.82) is 0 Å². The van der Waals surface area contributed by atoms with E-state index < -0.39 is 5.82 Å². The van der Waals surface area contributed by atoms with Gasteiger partial charge in [-0.3, -0.25) is 4.79 Å². The third-order valence-electron chi connectivity index (χ3n) is 4.27. The van der Waals surface area contributed by atoms with Crippen LogP contribution < -0.4 is 20.5 Å². The van der Waals surface area contributed by atoms with Crippen molar-refractivity contribution in [2.45, 2.75) is 24.2 Å². The molecule has 6 nitrogen and oxygen atoms in total. The van der Waals surface area contributed by atoms with Crippen molar-refractivity contribution in [2.75, 3.05) is 17.8 Å². The summed E-state index contributed by atoms with van der Waals surface area (Å²) in [5.41, 5.74) is 7.68. The van der Waals surface area contributed by atoms with Gasteiger partial charge in [0.05, 0.1) is 15.4 Å². The first-order chi connectivity index (χ1) is 15.4. The summed E-state index contributed by atoms with van der Waals surface area (Å²) >= 11 is 15.0. The molecule has 0 saturated carbocycles. The fourth-order valence-corrected chi connectivity index (χ4v) is 4.42. The van der Waals surface area contributed by atoms with E-state index in [1.807, 2.05) is 11.4 Å². The van der Waals surface area contributed by atoms with Crippen LogP contribution in [0.5, 0.6) is 11.5 Å². The van der Waals surface area contributed by atoms with Gasteiger partial charge in [-0.05, 0) is 61.2 Å². The van der Waals surface area contributed by atoms with Crippen LogP contribution >= 0.6 is 46.5 Å². The lowest BCUT2D eigenvalue weighted by molar-refractivity contribution is -0.117. The topological polar surface area (TPSA) is 89.3 Å². The van der Waals surface area contributed by atoms with E-state index in [2.05, 4.69) is 15.0 Å². The van der Waals surface area contributed by atoms with Crippen LogP contribution in [0.1, 0.15) is 18.4 Å². The molecule has 3 aromatic rings. The van der Waals surface area contributed by atoms with E-state index in [0.29, 0.717) is 47.4 Å². The molecule has 0 fully saturated rings. The highest BCUT2D eigenvalue weighted by molar-refractivity contribution is 8.00. The molecule has 0 bridgehead atoms. The Morgan fingerprint density at radius 1 is 1.22 bits per heavy atom. The summed E-state index contributed by atoms with van der Waals surface area (Å²) in [5, 5.41) is 5.83. The zero-order valence-corrected chi connectivity index (χ0v) is 20.0. The number of nitrogens with zero attached hydrogens (tertiary/aromatic N) is 1. The average Bonchev–Trinajstić information content (AvgIpc) is 3.27. The molecule has 11 heteroatoms. The van der Waals surface area contributed by atoms with Crippen LogP contribution in [0.4, 0.5) is 10.2 Å². The van der Waals surface area contributed by atoms with Gasteiger partial charge in [-0.15, -0.1) is 11.3 Å². The maximum atomic E-state index is 14.6. The summed E-state index contributed by atoms with van der Waals surface area (Å²) in [6.07, 6.45) is 1.75. The summed E-state index contributed by atoms with van der Waals surface area (Å²) in [6, 6.07) is 8.02. The monoisotopic (exact) mass is 514 g/mol. The van der Waals surface area contributed by atoms with E-state index in [9.17, 15) is 9.18 Å². The number of anilines is 1. The zero-order valence-electron chi connectivity index (χ0n) is 16.9. The number of rotatable bonds is 12. The molecule has 0 aliphatic rings. The molecule has 0 atom stereocenters. The average molecular weight is 515 g/mol. The van der Waals surface area contributed by atoms with E-state index in [4.69, 9.17) is 33.7 Å². The number of ether oxygens (including phenoxy) is 1. The molecule has 0 radical (unpaired) electrons. The first-order valence-electron chi connectivity index (χ1n) is 9.68. The summed E-state index contributed by atoms with van der Waals surface area (Å²) in [7, 11) is 0. The second-order valence-electron chi connectivity index (χ2n) is 6.71. The van der Waals surface area contributed by atoms with E-state index >= 15 is 0 Å². The molecule has 0 aliphatic carbocycles. The van der Waals surface area contributed by atoms with Gasteiger partial charge in [-0.2, -0.15) is 0 Å². The number of halogens is 3. The van der Waals surface area contributed by atoms with Gasteiger partial charge in [0, 0.05) is 29.4 Å². The van der Waals surface area contributed by atoms with Crippen LogP contribution in [0.3, 0.4) is 0 Å². The van der Waals surface area contributed by atoms with Crippen molar-refractivity contribution in [3.05, 3.63) is 62.6 Å². The second kappa shape index (κ2) is 12.3. The molecule has 1 aromatic heterocycles. The van der Waals surface area contributed by atoms with Crippen molar-refractivity contribution in [2.24, 2.45) is 5.73 Å². The Bertz CT molecular complexity index is 1050. The molecule has 0 unspecified atom stereocenters. The fraction of sp³-hybridized carbons (Fsp3) is 0.238. The third kappa shape index (κ3) is 7.53. The van der Waals surface area contributed by atoms with Crippen molar-refractivity contribution < 1.29 is 13.9 Å². The van der Waals surface area contributed by atoms with Crippen LogP contribution in [0.2, 0.25) is 10.0 Å². The normalized spacial score (nSPS) is 10.8. The smallest absolute Gasteiger partial charge is 0.218 e. The van der Waals surface area contributed by atoms with Crippen LogP contribution in [0.25, 0.3) is 0 Å². The van der Waals surface area contributed by atoms with Gasteiger partial charge in [0.25, 0.3) is 0 Å². The van der Waals surface area contributed by atoms with Gasteiger partial charge in [0.1, 0.15) is 23.1 Å². The first-order valence-corrected chi connectivity index (χ1v) is 12.2. The lowest BCUT2D eigenvalue weighted by Crippen LogP contribution is -2.23. The van der Waals surface area contributed by atoms with E-state index in [1.54, 1.807) is 17.6 Å². The van der Waals surface area contributed by atoms with Gasteiger partial charge in [-0.25, -0.2) is 9.37 Å². The Kier molecular flexibility index (Phi) is 9.43. The maximum Gasteiger partial charge on any atom is 0.218 e. The minimum atomic E-state index is -0.466. The number of hydrogen-bond acceptors (Lipinski definition) is 7. The fourth-order valence-electron chi connectivity index (χ4n) is 2.74. The number of carbonyl (C=O) groups excluding carboxylic acids is 1. The molecular formula is C21H21Cl2FN4O2S2. The molecule has 0 saturated heterocycles. The molecule has 3 rings (SSSR count). The van der Waals surface area contributed by atoms with Gasteiger partial charge < -0.3 is 20.5 Å². The van der Waals surface area contributed by atoms with Crippen molar-refractivity contribution in [1.82, 2.24) is 10.3 Å². The zero-order chi connectivity index (χ0) is 22.9. The standard InChI is InChI=1S/C21H21Cl2FN4O2S2/c22-14-3-4-17(13(8-14)2-1-6-26-7-5-20(25)29)30-18-10-16(24)19(9-15(18)23)32-28-21-11-31-12-27-21/h3-4,8-12,26,28H,1-2,5-7H2,(H2,25,29). The van der Waals surface area contributed by atoms with E-state index in [1.165, 1.54) is 23.5 Å². The van der Waals surface area contributed by atoms with Crippen LogP contribution in [-0.2, 0) is 11.2 Å². The van der Waals surface area contributed by atoms with Gasteiger partial charge in [0.2, 0.25) is 5.91 Å². The lowest BCUT2D eigenvalue weighted by atomic mass is 10.1. The summed E-state index contributed by atoms with van der Waals surface area (Å²) in [4.78, 5) is 15.2. The molecule has 2 aromatic carbocycles. The Balaban J connectivity index is 1.64. The Labute approximate surface area is 203 Å². The molecule has 0 aliphatic heterocycles. The molecule has 1 heterocycles. The van der Waals surface area contributed by atoms with Crippen LogP contribution in [0, 0.1) is 5.82 Å². The Morgan fingerprint density at radius 2 is 2.06 bits per heavy atom. The number of carbonyl (C=O) groups is 1. The molecular weight excluding hydrogens is 494 g/mol. The molecule has 1 amide bonds. The number of aromatic nitrogens is 1. The van der Waals surface area contributed by atoms with Crippen molar-refractivity contribution >= 4 is 58.2 Å². The number of benzene rings is 2. The number of primary amides is 1. The van der Waals surface area contributed by atoms with Crippen molar-refractivity contribution in [3.8, 4) is 11.5 Å². The predicted molar refractivity (Wildman–Crippen MR) is 130 cm³/mol. The highest BCUT2D eigenvalue weighted by atomic mass is 35.5. The molecule has 32 heavy (non-hydrogen) atoms. The number of nitrogens with one attached hydrogen (secondary N) is 2. The Morgan fingerprint density at radius 3 is 2.81 bits per heavy atom. The van der Waals surface area contributed by atoms with Crippen molar-refractivity contribution in [3.63, 3.8) is 0 Å². The summed E-state index contributed by atoms with van der Waals surface area (Å²) in [5.74, 6) is 0.603. The highest BCUT2D eigenvalue weighted by Crippen LogP contribution is 2.37. The molecule has 0 spiro atoms. The number of hydrogen-bond donors (Lipinski definition) is 3. The number of thiazole rings is 1. The molecule has 170 valence electrons. The van der Waals surface area contributed by atoms with Crippen LogP contribution in [-0.4, -0.2) is 24.0 Å². The SMILES string of the molecule is NC(=O)CCNCCCc1cc(Cl)ccc1Oc1cc(F)c(SNc2cscn2)cc1Cl. The lowest BCUT2D eigenvalue weighted by Gasteiger charge is -2.14. The predicted octanol–water partition coefficient (Wildman–Crippen LogP) is 5.90. The largest absolute Gasteiger partial charge is 0.455 e. The maximum absolute atomic E-state index is 14.6. The van der Waals surface area contributed by atoms with Gasteiger partial charge in [0.15, 0.2) is 0 Å². The minimum Gasteiger partial charge on any atom is -0.455 e. The molecule has 4 N–H and O–H groups in total. The van der Waals surface area contributed by atoms with Gasteiger partial charge in [-0.1, -0.05) is 23.2 Å². The third-order valence-corrected chi connectivity index (χ3v) is 6.24. The number of aryl methyl sites for hydroxylation is 1.